The van der Waals surface area contributed by atoms with Crippen LogP contribution in [0.15, 0.2) is 60.7 Å². The van der Waals surface area contributed by atoms with Gasteiger partial charge in [-0.25, -0.2) is 15.1 Å². The first-order valence-electron chi connectivity index (χ1n) is 22.4. The van der Waals surface area contributed by atoms with E-state index < -0.39 is 70.5 Å². The summed E-state index contributed by atoms with van der Waals surface area (Å²) in [6, 6.07) is 12.2. The van der Waals surface area contributed by atoms with Gasteiger partial charge in [0, 0.05) is 43.2 Å². The lowest BCUT2D eigenvalue weighted by Crippen LogP contribution is -2.57. The van der Waals surface area contributed by atoms with Gasteiger partial charge in [0.1, 0.15) is 54.6 Å². The van der Waals surface area contributed by atoms with Crippen molar-refractivity contribution in [1.82, 2.24) is 40.9 Å². The number of aromatic hydroxyl groups is 1. The molecule has 22 heteroatoms. The number of aromatic nitrogens is 2. The van der Waals surface area contributed by atoms with Gasteiger partial charge in [-0.3, -0.25) is 24.0 Å². The first-order chi connectivity index (χ1) is 32.9. The fourth-order valence-corrected chi connectivity index (χ4v) is 8.68. The number of ether oxygens (including phenoxy) is 2. The van der Waals surface area contributed by atoms with Gasteiger partial charge in [0.2, 0.25) is 23.6 Å². The van der Waals surface area contributed by atoms with E-state index in [1.807, 2.05) is 30.3 Å². The molecule has 1 aliphatic heterocycles. The Morgan fingerprint density at radius 2 is 1.67 bits per heavy atom. The Balaban J connectivity index is 1.34. The Labute approximate surface area is 399 Å². The van der Waals surface area contributed by atoms with E-state index in [9.17, 15) is 37.5 Å². The number of benzene rings is 3. The van der Waals surface area contributed by atoms with Crippen LogP contribution in [0.25, 0.3) is 22.5 Å². The predicted molar refractivity (Wildman–Crippen MR) is 252 cm³/mol. The van der Waals surface area contributed by atoms with Crippen molar-refractivity contribution in [3.63, 3.8) is 0 Å². The van der Waals surface area contributed by atoms with Crippen molar-refractivity contribution in [3.8, 4) is 45.8 Å². The van der Waals surface area contributed by atoms with E-state index in [0.717, 1.165) is 36.3 Å². The smallest absolute Gasteiger partial charge is 0.274 e. The molecule has 4 bridgehead atoms. The highest BCUT2D eigenvalue weighted by Crippen LogP contribution is 2.39. The number of rotatable bonds is 15. The first kappa shape index (κ1) is 51.2. The number of likely N-dealkylation sites (N-methyl/N-ethyl adjacent to an activating group) is 1. The molecular formula is C47H57N11O10S. The van der Waals surface area contributed by atoms with Crippen molar-refractivity contribution in [2.45, 2.75) is 89.6 Å². The molecule has 1 aromatic heterocycles. The Morgan fingerprint density at radius 3 is 2.32 bits per heavy atom. The van der Waals surface area contributed by atoms with Crippen molar-refractivity contribution in [1.29, 1.82) is 5.26 Å². The minimum Gasteiger partial charge on any atom is -0.507 e. The molecule has 0 saturated heterocycles. The fourth-order valence-electron chi connectivity index (χ4n) is 8.28. The summed E-state index contributed by atoms with van der Waals surface area (Å²) in [6.45, 7) is 3.61. The zero-order valence-corrected chi connectivity index (χ0v) is 39.5. The number of amides is 5. The van der Waals surface area contributed by atoms with Crippen molar-refractivity contribution in [3.05, 3.63) is 88.7 Å². The van der Waals surface area contributed by atoms with Gasteiger partial charge >= 0.3 is 0 Å². The van der Waals surface area contributed by atoms with Gasteiger partial charge in [-0.1, -0.05) is 18.6 Å². The number of carbonyl (C=O) groups excluding carboxylic acids is 5. The zero-order valence-electron chi connectivity index (χ0n) is 38.7. The number of nitrogens with zero attached hydrogens (tertiary/aromatic N) is 4. The lowest BCUT2D eigenvalue weighted by atomic mass is 9.93. The molecule has 4 unspecified atom stereocenters. The van der Waals surface area contributed by atoms with Gasteiger partial charge in [0.05, 0.1) is 29.1 Å². The Hall–Kier alpha value is -7.19. The van der Waals surface area contributed by atoms with Crippen LogP contribution >= 0.6 is 0 Å². The van der Waals surface area contributed by atoms with E-state index in [2.05, 4.69) is 36.0 Å². The second-order valence-corrected chi connectivity index (χ2v) is 18.3. The monoisotopic (exact) mass is 967 g/mol. The van der Waals surface area contributed by atoms with Gasteiger partial charge in [0.15, 0.2) is 5.82 Å². The van der Waals surface area contributed by atoms with Gasteiger partial charge in [-0.05, 0) is 106 Å². The molecule has 6 rings (SSSR count). The van der Waals surface area contributed by atoms with E-state index in [4.69, 9.17) is 25.6 Å². The maximum atomic E-state index is 14.7. The van der Waals surface area contributed by atoms with E-state index >= 15 is 0 Å². The van der Waals surface area contributed by atoms with Crippen LogP contribution in [0, 0.1) is 25.2 Å². The quantitative estimate of drug-likeness (QED) is 0.0783. The molecule has 366 valence electrons. The van der Waals surface area contributed by atoms with Gasteiger partial charge < -0.3 is 46.5 Å². The molecule has 5 amide bonds. The molecule has 0 spiro atoms. The zero-order chi connectivity index (χ0) is 50.0. The third kappa shape index (κ3) is 13.1. The number of nitriles is 1. The highest BCUT2D eigenvalue weighted by atomic mass is 32.2. The molecule has 2 heterocycles. The number of nitrogens with two attached hydrogens (primary N) is 2. The van der Waals surface area contributed by atoms with Crippen LogP contribution in [0.1, 0.15) is 77.9 Å². The maximum Gasteiger partial charge on any atom is 0.274 e. The SMILES string of the molecule is Cc1nc(-c2ccc(OC3CCCCC3)cc2)nc(C)c1C(=O)NC(CNS(N)(=O)=O)C(=O)N(C)C1C(=O)NC(C)C(=O)NC(C(=O)NCC#N)Cc2ccc(OCCN)c(c2)-c2cc1ccc2O. The Bertz CT molecular complexity index is 2700. The summed E-state index contributed by atoms with van der Waals surface area (Å²) in [5, 5.41) is 36.0. The lowest BCUT2D eigenvalue weighted by molar-refractivity contribution is -0.141. The number of aryl methyl sites for hydroxylation is 2. The third-order valence-corrected chi connectivity index (χ3v) is 12.3. The van der Waals surface area contributed by atoms with Gasteiger partial charge in [-0.15, -0.1) is 0 Å². The highest BCUT2D eigenvalue weighted by molar-refractivity contribution is 7.87. The number of nitrogens with one attached hydrogen (secondary N) is 5. The minimum atomic E-state index is -4.45. The van der Waals surface area contributed by atoms with Crippen molar-refractivity contribution in [2.24, 2.45) is 10.9 Å². The molecule has 1 saturated carbocycles. The van der Waals surface area contributed by atoms with E-state index in [-0.39, 0.29) is 71.8 Å². The van der Waals surface area contributed by atoms with Crippen LogP contribution < -0.4 is 46.3 Å². The number of phenolic OH excluding ortho intramolecular Hbond substituents is 1. The molecule has 1 fully saturated rings. The van der Waals surface area contributed by atoms with Crippen LogP contribution in [-0.2, 0) is 35.8 Å². The van der Waals surface area contributed by atoms with Crippen LogP contribution in [-0.4, -0.2) is 115 Å². The number of hydrogen-bond acceptors (Lipinski definition) is 14. The van der Waals surface area contributed by atoms with E-state index in [1.54, 1.807) is 32.0 Å². The second-order valence-electron chi connectivity index (χ2n) is 16.9. The summed E-state index contributed by atoms with van der Waals surface area (Å²) in [5.74, 6) is -3.19. The van der Waals surface area contributed by atoms with Crippen molar-refractivity contribution in [2.75, 3.05) is 33.3 Å². The summed E-state index contributed by atoms with van der Waals surface area (Å²) in [7, 11) is -3.22. The largest absolute Gasteiger partial charge is 0.507 e. The lowest BCUT2D eigenvalue weighted by Gasteiger charge is -2.32. The molecule has 69 heavy (non-hydrogen) atoms. The number of fused-ring (bicyclic) bond motifs is 5. The third-order valence-electron chi connectivity index (χ3n) is 11.8. The highest BCUT2D eigenvalue weighted by Gasteiger charge is 2.37. The molecular weight excluding hydrogens is 911 g/mol. The van der Waals surface area contributed by atoms with Crippen LogP contribution in [0.3, 0.4) is 0 Å². The fraction of sp³-hybridized carbons (Fsp3) is 0.404. The average molecular weight is 968 g/mol. The Morgan fingerprint density at radius 1 is 0.971 bits per heavy atom. The van der Waals surface area contributed by atoms with Crippen LogP contribution in [0.5, 0.6) is 17.2 Å². The standard InChI is InChI=1S/C47H57N11O10S/c1-26-40(27(2)54-42(53-26)30-11-14-33(15-12-30)68-32-8-6-5-7-9-32)45(62)57-37(25-52-69(50,65)66)47(64)58(4)41-31-13-16-38(59)34(24-31)35-22-29(10-17-39(35)67-21-19-49)23-36(44(61)51-20-18-48)56-43(60)28(3)55-46(41)63/h10-17,22,24,28,32,36-37,41,52,59H,5-9,19-21,23,25,49H2,1-4H3,(H,51,61)(H,55,63)(H,56,60)(H,57,62)(H2,50,65,66). The molecule has 21 nitrogen and oxygen atoms in total. The summed E-state index contributed by atoms with van der Waals surface area (Å²) in [5.41, 5.74) is 7.94. The topological polar surface area (TPSA) is 323 Å². The molecule has 1 aliphatic carbocycles. The summed E-state index contributed by atoms with van der Waals surface area (Å²) >= 11 is 0. The van der Waals surface area contributed by atoms with Gasteiger partial charge in [0.25, 0.3) is 16.1 Å². The van der Waals surface area contributed by atoms with E-state index in [0.29, 0.717) is 22.5 Å². The van der Waals surface area contributed by atoms with Crippen molar-refractivity contribution >= 4 is 39.7 Å². The number of phenols is 1. The normalized spacial score (nSPS) is 18.0. The summed E-state index contributed by atoms with van der Waals surface area (Å²) in [6.07, 6.45) is 5.55. The predicted octanol–water partition coefficient (Wildman–Crippen LogP) is 1.46. The summed E-state index contributed by atoms with van der Waals surface area (Å²) < 4.78 is 38.6. The molecule has 0 radical (unpaired) electrons. The second kappa shape index (κ2) is 22.7. The average Bonchev–Trinajstić information content (AvgIpc) is 3.31. The van der Waals surface area contributed by atoms with E-state index in [1.165, 1.54) is 38.6 Å². The van der Waals surface area contributed by atoms with Crippen LogP contribution in [0.4, 0.5) is 0 Å². The minimum absolute atomic E-state index is 0.000283. The summed E-state index contributed by atoms with van der Waals surface area (Å²) in [4.78, 5) is 80.5. The van der Waals surface area contributed by atoms with Crippen LogP contribution in [0.2, 0.25) is 0 Å². The molecule has 10 N–H and O–H groups in total. The number of hydrogen-bond donors (Lipinski definition) is 8. The molecule has 4 aromatic rings. The molecule has 4 atom stereocenters. The molecule has 3 aromatic carbocycles. The number of carbonyl (C=O) groups is 5. The Kier molecular flexibility index (Phi) is 16.9. The van der Waals surface area contributed by atoms with Gasteiger partial charge in [-0.2, -0.15) is 18.4 Å². The van der Waals surface area contributed by atoms with Crippen molar-refractivity contribution < 1.29 is 47.0 Å². The first-order valence-corrected chi connectivity index (χ1v) is 23.9. The molecule has 2 aliphatic rings. The maximum absolute atomic E-state index is 14.7.